The number of hydrogen-bond donors (Lipinski definition) is 2. The number of carboxylic acids is 1. The van der Waals surface area contributed by atoms with Gasteiger partial charge in [0.25, 0.3) is 0 Å². The molecule has 2 N–H and O–H groups in total. The Hall–Kier alpha value is -3.23. The van der Waals surface area contributed by atoms with Crippen LogP contribution in [0.3, 0.4) is 0 Å². The average molecular weight is 450 g/mol. The maximum absolute atomic E-state index is 11.4. The smallest absolute Gasteiger partial charge is 0.336 e. The predicted octanol–water partition coefficient (Wildman–Crippen LogP) is 5.17. The highest BCUT2D eigenvalue weighted by Gasteiger charge is 2.25. The highest BCUT2D eigenvalue weighted by atomic mass is 32.1. The molecular formula is C24H27N5O2S. The van der Waals surface area contributed by atoms with Crippen LogP contribution >= 0.6 is 11.3 Å². The molecule has 2 aromatic heterocycles. The van der Waals surface area contributed by atoms with Crippen molar-refractivity contribution in [1.29, 1.82) is 0 Å². The van der Waals surface area contributed by atoms with Gasteiger partial charge in [-0.05, 0) is 62.8 Å². The molecule has 7 nitrogen and oxygen atoms in total. The zero-order valence-corrected chi connectivity index (χ0v) is 19.4. The number of imidazole rings is 1. The van der Waals surface area contributed by atoms with Crippen LogP contribution in [0.15, 0.2) is 55.1 Å². The minimum atomic E-state index is -0.933. The van der Waals surface area contributed by atoms with Crippen molar-refractivity contribution in [2.75, 3.05) is 19.4 Å². The molecule has 0 aliphatic heterocycles. The van der Waals surface area contributed by atoms with Gasteiger partial charge in [0.05, 0.1) is 28.1 Å². The molecule has 2 aromatic carbocycles. The van der Waals surface area contributed by atoms with Crippen LogP contribution in [0.25, 0.3) is 10.2 Å². The van der Waals surface area contributed by atoms with Crippen molar-refractivity contribution in [3.63, 3.8) is 0 Å². The average Bonchev–Trinajstić information content (AvgIpc) is 3.41. The van der Waals surface area contributed by atoms with E-state index in [-0.39, 0.29) is 11.6 Å². The van der Waals surface area contributed by atoms with Crippen LogP contribution in [-0.4, -0.2) is 50.6 Å². The molecule has 166 valence electrons. The first-order chi connectivity index (χ1) is 15.4. The van der Waals surface area contributed by atoms with Crippen molar-refractivity contribution < 1.29 is 9.90 Å². The van der Waals surface area contributed by atoms with E-state index in [1.165, 1.54) is 5.56 Å². The Kier molecular flexibility index (Phi) is 6.25. The van der Waals surface area contributed by atoms with Gasteiger partial charge in [0.2, 0.25) is 0 Å². The number of anilines is 2. The minimum Gasteiger partial charge on any atom is -0.478 e. The lowest BCUT2D eigenvalue weighted by Crippen LogP contribution is -2.36. The number of benzene rings is 2. The topological polar surface area (TPSA) is 83.3 Å². The lowest BCUT2D eigenvalue weighted by molar-refractivity contribution is 0.0696. The fourth-order valence-electron chi connectivity index (χ4n) is 4.19. The second-order valence-corrected chi connectivity index (χ2v) is 9.08. The number of nitrogens with one attached hydrogen (secondary N) is 1. The summed E-state index contributed by atoms with van der Waals surface area (Å²) >= 11 is 1.56. The molecule has 0 fully saturated rings. The monoisotopic (exact) mass is 449 g/mol. The third kappa shape index (κ3) is 4.24. The van der Waals surface area contributed by atoms with Crippen LogP contribution in [0.5, 0.6) is 0 Å². The summed E-state index contributed by atoms with van der Waals surface area (Å²) in [5.41, 5.74) is 3.85. The Morgan fingerprint density at radius 1 is 1.28 bits per heavy atom. The van der Waals surface area contributed by atoms with E-state index in [1.807, 2.05) is 24.8 Å². The summed E-state index contributed by atoms with van der Waals surface area (Å²) in [5.74, 6) is -0.933. The van der Waals surface area contributed by atoms with Gasteiger partial charge in [0.1, 0.15) is 0 Å². The summed E-state index contributed by atoms with van der Waals surface area (Å²) in [7, 11) is 4.22. The summed E-state index contributed by atoms with van der Waals surface area (Å²) in [4.78, 5) is 22.7. The maximum Gasteiger partial charge on any atom is 0.336 e. The van der Waals surface area contributed by atoms with Gasteiger partial charge in [-0.2, -0.15) is 0 Å². The van der Waals surface area contributed by atoms with E-state index in [9.17, 15) is 9.90 Å². The molecule has 0 saturated heterocycles. The van der Waals surface area contributed by atoms with Crippen molar-refractivity contribution in [2.45, 2.75) is 32.4 Å². The number of rotatable bonds is 8. The minimum absolute atomic E-state index is 0.134. The second kappa shape index (κ2) is 9.10. The number of carboxylic acid groups (broad SMARTS) is 1. The normalized spacial score (nSPS) is 13.4. The van der Waals surface area contributed by atoms with Crippen molar-refractivity contribution in [1.82, 2.24) is 19.4 Å². The number of aromatic carboxylic acids is 1. The second-order valence-electron chi connectivity index (χ2n) is 8.05. The molecule has 0 radical (unpaired) electrons. The molecule has 2 unspecified atom stereocenters. The fourth-order valence-corrected chi connectivity index (χ4v) is 5.12. The Labute approximate surface area is 191 Å². The van der Waals surface area contributed by atoms with Crippen LogP contribution in [0, 0.1) is 6.92 Å². The molecule has 8 heteroatoms. The van der Waals surface area contributed by atoms with Gasteiger partial charge in [-0.15, -0.1) is 0 Å². The Morgan fingerprint density at radius 2 is 2.09 bits per heavy atom. The SMILES string of the molecule is CCC(C(c1ccc2nc(Nc3cccc(C(=O)O)c3C)sc2c1)n1ccnc1)N(C)C. The first-order valence-corrected chi connectivity index (χ1v) is 11.3. The molecule has 0 aliphatic rings. The summed E-state index contributed by atoms with van der Waals surface area (Å²) in [6, 6.07) is 12.1. The number of likely N-dealkylation sites (N-methyl/N-ethyl adjacent to an activating group) is 1. The van der Waals surface area contributed by atoms with Crippen molar-refractivity contribution in [3.8, 4) is 0 Å². The van der Waals surface area contributed by atoms with Crippen molar-refractivity contribution in [2.24, 2.45) is 0 Å². The highest BCUT2D eigenvalue weighted by Crippen LogP contribution is 2.34. The van der Waals surface area contributed by atoms with E-state index in [2.05, 4.69) is 59.0 Å². The number of hydrogen-bond acceptors (Lipinski definition) is 6. The molecule has 0 aliphatic carbocycles. The lowest BCUT2D eigenvalue weighted by Gasteiger charge is -2.33. The van der Waals surface area contributed by atoms with Gasteiger partial charge in [-0.3, -0.25) is 0 Å². The Balaban J connectivity index is 1.70. The quantitative estimate of drug-likeness (QED) is 0.386. The predicted molar refractivity (Wildman–Crippen MR) is 129 cm³/mol. The van der Waals surface area contributed by atoms with Gasteiger partial charge in [-0.25, -0.2) is 14.8 Å². The number of nitrogens with zero attached hydrogens (tertiary/aromatic N) is 4. The summed E-state index contributed by atoms with van der Waals surface area (Å²) in [6.45, 7) is 4.01. The lowest BCUT2D eigenvalue weighted by atomic mass is 9.96. The van der Waals surface area contributed by atoms with Gasteiger partial charge in [-0.1, -0.05) is 30.4 Å². The van der Waals surface area contributed by atoms with Gasteiger partial charge >= 0.3 is 5.97 Å². The fraction of sp³-hybridized carbons (Fsp3) is 0.292. The first-order valence-electron chi connectivity index (χ1n) is 10.5. The van der Waals surface area contributed by atoms with E-state index in [1.54, 1.807) is 30.4 Å². The van der Waals surface area contributed by atoms with Crippen LogP contribution in [0.1, 0.15) is 40.9 Å². The molecular weight excluding hydrogens is 422 g/mol. The van der Waals surface area contributed by atoms with Gasteiger partial charge in [0.15, 0.2) is 5.13 Å². The van der Waals surface area contributed by atoms with Crippen LogP contribution in [-0.2, 0) is 0 Å². The molecule has 0 amide bonds. The van der Waals surface area contributed by atoms with E-state index in [0.717, 1.165) is 27.5 Å². The Morgan fingerprint density at radius 3 is 2.75 bits per heavy atom. The van der Waals surface area contributed by atoms with E-state index in [0.29, 0.717) is 11.6 Å². The summed E-state index contributed by atoms with van der Waals surface area (Å²) in [6.07, 6.45) is 6.70. The molecule has 4 aromatic rings. The number of fused-ring (bicyclic) bond motifs is 1. The third-order valence-electron chi connectivity index (χ3n) is 5.85. The standard InChI is InChI=1S/C24H27N5O2S/c1-5-20(28(3)4)22(29-12-11-25-14-29)16-9-10-19-21(13-16)32-24(27-19)26-18-8-6-7-17(15(18)2)23(30)31/h6-14,20,22H,5H2,1-4H3,(H,26,27)(H,30,31). The molecule has 0 saturated carbocycles. The highest BCUT2D eigenvalue weighted by molar-refractivity contribution is 7.22. The zero-order valence-electron chi connectivity index (χ0n) is 18.6. The summed E-state index contributed by atoms with van der Waals surface area (Å²) in [5, 5.41) is 13.4. The molecule has 2 heterocycles. The van der Waals surface area contributed by atoms with Crippen LogP contribution in [0.2, 0.25) is 0 Å². The van der Waals surface area contributed by atoms with Crippen LogP contribution in [0.4, 0.5) is 10.8 Å². The van der Waals surface area contributed by atoms with Gasteiger partial charge < -0.3 is 19.9 Å². The van der Waals surface area contributed by atoms with E-state index < -0.39 is 5.97 Å². The van der Waals surface area contributed by atoms with Crippen molar-refractivity contribution >= 4 is 38.3 Å². The van der Waals surface area contributed by atoms with Gasteiger partial charge in [0, 0.05) is 24.1 Å². The number of thiazole rings is 1. The third-order valence-corrected chi connectivity index (χ3v) is 6.79. The molecule has 32 heavy (non-hydrogen) atoms. The molecule has 2 atom stereocenters. The maximum atomic E-state index is 11.4. The number of carbonyl (C=O) groups is 1. The first kappa shape index (κ1) is 22.0. The van der Waals surface area contributed by atoms with Crippen molar-refractivity contribution in [3.05, 3.63) is 71.8 Å². The Bertz CT molecular complexity index is 1230. The molecule has 0 bridgehead atoms. The van der Waals surface area contributed by atoms with E-state index in [4.69, 9.17) is 4.98 Å². The number of aromatic nitrogens is 3. The largest absolute Gasteiger partial charge is 0.478 e. The molecule has 0 spiro atoms. The summed E-state index contributed by atoms with van der Waals surface area (Å²) < 4.78 is 3.24. The van der Waals surface area contributed by atoms with E-state index >= 15 is 0 Å². The zero-order chi connectivity index (χ0) is 22.8. The molecule has 4 rings (SSSR count). The van der Waals surface area contributed by atoms with Crippen LogP contribution < -0.4 is 5.32 Å².